The summed E-state index contributed by atoms with van der Waals surface area (Å²) in [6.45, 7) is 0.541. The van der Waals surface area contributed by atoms with Crippen LogP contribution in [0.25, 0.3) is 22.0 Å². The molecule has 0 unspecified atom stereocenters. The number of carbonyl (C=O) groups excluding carboxylic acids is 1. The van der Waals surface area contributed by atoms with Gasteiger partial charge in [0.1, 0.15) is 5.69 Å². The summed E-state index contributed by atoms with van der Waals surface area (Å²) >= 11 is 1.30. The summed E-state index contributed by atoms with van der Waals surface area (Å²) in [5, 5.41) is 10.6. The first-order valence-electron chi connectivity index (χ1n) is 8.86. The average Bonchev–Trinajstić information content (AvgIpc) is 3.36. The third kappa shape index (κ3) is 3.53. The molecule has 2 heterocycles. The molecule has 2 aromatic heterocycles. The molecule has 2 aromatic carbocycles. The van der Waals surface area contributed by atoms with E-state index >= 15 is 0 Å². The molecule has 28 heavy (non-hydrogen) atoms. The van der Waals surface area contributed by atoms with Crippen LogP contribution in [0.1, 0.15) is 21.1 Å². The van der Waals surface area contributed by atoms with Crippen molar-refractivity contribution in [1.29, 1.82) is 0 Å². The molecule has 5 nitrogen and oxygen atoms in total. The number of fused-ring (bicyclic) bond motifs is 1. The molecule has 0 saturated carbocycles. The number of aryl methyl sites for hydroxylation is 1. The maximum atomic E-state index is 12.1. The molecule has 0 atom stereocenters. The standard InChI is InChI=1S/C22H18N4OS/c1-3-21-25-19(14-28-21)22(27)23-12-11-15-7-9-16(10-8-15)17-5-4-6-20-18(17)13-24-26(20)2/h1,4-10,13-14H,11-12H2,2H3,(H,23,27). The quantitative estimate of drug-likeness (QED) is 0.533. The molecule has 6 heteroatoms. The second-order valence-corrected chi connectivity index (χ2v) is 7.25. The number of terminal acetylenes is 1. The number of nitrogens with zero attached hydrogens (tertiary/aromatic N) is 3. The van der Waals surface area contributed by atoms with Crippen molar-refractivity contribution in [2.45, 2.75) is 6.42 Å². The Morgan fingerprint density at radius 2 is 2.07 bits per heavy atom. The Labute approximate surface area is 167 Å². The molecule has 4 rings (SSSR count). The van der Waals surface area contributed by atoms with E-state index in [0.717, 1.165) is 28.5 Å². The molecule has 0 saturated heterocycles. The molecular weight excluding hydrogens is 368 g/mol. The van der Waals surface area contributed by atoms with Gasteiger partial charge in [0.15, 0.2) is 5.01 Å². The Kier molecular flexibility index (Phi) is 4.92. The molecule has 1 amide bonds. The number of rotatable bonds is 5. The normalized spacial score (nSPS) is 10.7. The molecule has 0 aliphatic rings. The van der Waals surface area contributed by atoms with Gasteiger partial charge in [0.25, 0.3) is 5.91 Å². The third-order valence-corrected chi connectivity index (χ3v) is 5.39. The zero-order valence-corrected chi connectivity index (χ0v) is 16.2. The van der Waals surface area contributed by atoms with Crippen LogP contribution in [0.4, 0.5) is 0 Å². The monoisotopic (exact) mass is 386 g/mol. The molecule has 1 N–H and O–H groups in total. The van der Waals surface area contributed by atoms with Crippen LogP contribution in [0.2, 0.25) is 0 Å². The lowest BCUT2D eigenvalue weighted by Crippen LogP contribution is -2.25. The third-order valence-electron chi connectivity index (χ3n) is 4.62. The summed E-state index contributed by atoms with van der Waals surface area (Å²) in [6, 6.07) is 14.6. The molecule has 4 aromatic rings. The van der Waals surface area contributed by atoms with E-state index in [9.17, 15) is 4.79 Å². The molecule has 0 fully saturated rings. The number of carbonyl (C=O) groups is 1. The molecule has 138 valence electrons. The van der Waals surface area contributed by atoms with Gasteiger partial charge in [-0.25, -0.2) is 4.98 Å². The highest BCUT2D eigenvalue weighted by atomic mass is 32.1. The zero-order chi connectivity index (χ0) is 19.5. The summed E-state index contributed by atoms with van der Waals surface area (Å²) < 4.78 is 1.88. The number of benzene rings is 2. The van der Waals surface area contributed by atoms with Crippen LogP contribution in [0.3, 0.4) is 0 Å². The largest absolute Gasteiger partial charge is 0.350 e. The highest BCUT2D eigenvalue weighted by Gasteiger charge is 2.10. The number of aromatic nitrogens is 3. The van der Waals surface area contributed by atoms with Crippen LogP contribution < -0.4 is 5.32 Å². The first kappa shape index (κ1) is 18.0. The summed E-state index contributed by atoms with van der Waals surface area (Å²) in [7, 11) is 1.95. The van der Waals surface area contributed by atoms with Crippen molar-refractivity contribution in [3.8, 4) is 23.5 Å². The van der Waals surface area contributed by atoms with Gasteiger partial charge in [0.05, 0.1) is 11.7 Å². The lowest BCUT2D eigenvalue weighted by molar-refractivity contribution is 0.0950. The van der Waals surface area contributed by atoms with E-state index in [1.165, 1.54) is 16.9 Å². The van der Waals surface area contributed by atoms with Gasteiger partial charge in [-0.1, -0.05) is 36.4 Å². The van der Waals surface area contributed by atoms with Crippen LogP contribution in [-0.2, 0) is 13.5 Å². The maximum absolute atomic E-state index is 12.1. The number of hydrogen-bond acceptors (Lipinski definition) is 4. The number of hydrogen-bond donors (Lipinski definition) is 1. The van der Waals surface area contributed by atoms with Crippen molar-refractivity contribution >= 4 is 28.1 Å². The van der Waals surface area contributed by atoms with Gasteiger partial charge in [-0.3, -0.25) is 9.48 Å². The highest BCUT2D eigenvalue weighted by Crippen LogP contribution is 2.28. The Morgan fingerprint density at radius 3 is 2.82 bits per heavy atom. The smallest absolute Gasteiger partial charge is 0.270 e. The number of amides is 1. The zero-order valence-electron chi connectivity index (χ0n) is 15.3. The maximum Gasteiger partial charge on any atom is 0.270 e. The SMILES string of the molecule is C#Cc1nc(C(=O)NCCc2ccc(-c3cccc4c3cnn4C)cc2)cs1. The first-order valence-corrected chi connectivity index (χ1v) is 9.74. The van der Waals surface area contributed by atoms with E-state index in [4.69, 9.17) is 6.42 Å². The van der Waals surface area contributed by atoms with Gasteiger partial charge in [0, 0.05) is 24.4 Å². The lowest BCUT2D eigenvalue weighted by atomic mass is 10.00. The van der Waals surface area contributed by atoms with Crippen LogP contribution in [0.5, 0.6) is 0 Å². The molecule has 0 aliphatic carbocycles. The van der Waals surface area contributed by atoms with E-state index in [2.05, 4.69) is 57.7 Å². The molecule has 0 aliphatic heterocycles. The summed E-state index contributed by atoms with van der Waals surface area (Å²) in [5.41, 5.74) is 4.95. The molecule has 0 bridgehead atoms. The predicted molar refractivity (Wildman–Crippen MR) is 112 cm³/mol. The number of thiazole rings is 1. The fourth-order valence-electron chi connectivity index (χ4n) is 3.14. The second-order valence-electron chi connectivity index (χ2n) is 6.39. The Hall–Kier alpha value is -3.43. The van der Waals surface area contributed by atoms with Crippen molar-refractivity contribution in [3.05, 3.63) is 70.3 Å². The van der Waals surface area contributed by atoms with Gasteiger partial charge < -0.3 is 5.32 Å². The van der Waals surface area contributed by atoms with Crippen molar-refractivity contribution in [1.82, 2.24) is 20.1 Å². The van der Waals surface area contributed by atoms with Crippen molar-refractivity contribution in [2.24, 2.45) is 7.05 Å². The predicted octanol–water partition coefficient (Wildman–Crippen LogP) is 3.65. The topological polar surface area (TPSA) is 59.8 Å². The molecule has 0 radical (unpaired) electrons. The summed E-state index contributed by atoms with van der Waals surface area (Å²) in [5.74, 6) is 2.24. The van der Waals surface area contributed by atoms with Crippen molar-refractivity contribution < 1.29 is 4.79 Å². The first-order chi connectivity index (χ1) is 13.7. The second kappa shape index (κ2) is 7.67. The van der Waals surface area contributed by atoms with E-state index < -0.39 is 0 Å². The molecule has 0 spiro atoms. The van der Waals surface area contributed by atoms with Crippen LogP contribution in [0.15, 0.2) is 54.0 Å². The van der Waals surface area contributed by atoms with E-state index in [1.54, 1.807) is 5.38 Å². The lowest BCUT2D eigenvalue weighted by Gasteiger charge is -2.07. The van der Waals surface area contributed by atoms with E-state index in [0.29, 0.717) is 17.2 Å². The van der Waals surface area contributed by atoms with E-state index in [1.807, 2.05) is 24.0 Å². The molecular formula is C22H18N4OS. The highest BCUT2D eigenvalue weighted by molar-refractivity contribution is 7.10. The minimum absolute atomic E-state index is 0.197. The number of nitrogens with one attached hydrogen (secondary N) is 1. The van der Waals surface area contributed by atoms with Gasteiger partial charge in [-0.15, -0.1) is 17.8 Å². The Bertz CT molecular complexity index is 1180. The van der Waals surface area contributed by atoms with E-state index in [-0.39, 0.29) is 5.91 Å². The van der Waals surface area contributed by atoms with Gasteiger partial charge >= 0.3 is 0 Å². The Balaban J connectivity index is 1.41. The minimum Gasteiger partial charge on any atom is -0.350 e. The van der Waals surface area contributed by atoms with Gasteiger partial charge in [-0.2, -0.15) is 5.10 Å². The van der Waals surface area contributed by atoms with Crippen molar-refractivity contribution in [2.75, 3.05) is 6.54 Å². The van der Waals surface area contributed by atoms with Gasteiger partial charge in [-0.05, 0) is 35.1 Å². The Morgan fingerprint density at radius 1 is 1.25 bits per heavy atom. The summed E-state index contributed by atoms with van der Waals surface area (Å²) in [4.78, 5) is 16.2. The fraction of sp³-hybridized carbons (Fsp3) is 0.136. The summed E-state index contributed by atoms with van der Waals surface area (Å²) in [6.07, 6.45) is 7.93. The van der Waals surface area contributed by atoms with Crippen LogP contribution >= 0.6 is 11.3 Å². The van der Waals surface area contributed by atoms with Crippen LogP contribution in [-0.4, -0.2) is 27.2 Å². The van der Waals surface area contributed by atoms with Gasteiger partial charge in [0.2, 0.25) is 0 Å². The van der Waals surface area contributed by atoms with Crippen LogP contribution in [0, 0.1) is 12.3 Å². The average molecular weight is 386 g/mol. The van der Waals surface area contributed by atoms with Crippen molar-refractivity contribution in [3.63, 3.8) is 0 Å². The minimum atomic E-state index is -0.197. The fourth-order valence-corrected chi connectivity index (χ4v) is 3.74.